The number of hydrogen-bond donors (Lipinski definition) is 1. The van der Waals surface area contributed by atoms with Crippen molar-refractivity contribution in [3.05, 3.63) is 6.92 Å². The maximum atomic E-state index is 12.0. The number of nitrogens with one attached hydrogen (secondary N) is 1. The molecule has 1 atom stereocenters. The Bertz CT molecular complexity index is 379. The Balaban J connectivity index is 3.40. The van der Waals surface area contributed by atoms with Crippen molar-refractivity contribution in [2.24, 2.45) is 5.92 Å². The molecule has 0 rings (SSSR count). The smallest absolute Gasteiger partial charge is 0.220 e. The second-order valence-corrected chi connectivity index (χ2v) is 8.92. The SMILES string of the molecule is [CH2]C(=O)[C@H](CC(C)C)NC(=O)CCCCCCCCCCCCCCCCC. The van der Waals surface area contributed by atoms with E-state index in [1.54, 1.807) is 0 Å². The summed E-state index contributed by atoms with van der Waals surface area (Å²) < 4.78 is 0. The molecule has 0 saturated carbocycles. The third kappa shape index (κ3) is 18.5. The maximum absolute atomic E-state index is 12.0. The highest BCUT2D eigenvalue weighted by Crippen LogP contribution is 2.14. The molecule has 1 N–H and O–H groups in total. The van der Waals surface area contributed by atoms with Crippen molar-refractivity contribution < 1.29 is 9.59 Å². The monoisotopic (exact) mass is 394 g/mol. The van der Waals surface area contributed by atoms with E-state index in [1.165, 1.54) is 83.5 Å². The molecule has 3 nitrogen and oxygen atoms in total. The van der Waals surface area contributed by atoms with Crippen LogP contribution in [0.3, 0.4) is 0 Å². The fraction of sp³-hybridized carbons (Fsp3) is 0.880. The molecule has 0 unspecified atom stereocenters. The van der Waals surface area contributed by atoms with Crippen LogP contribution in [0.5, 0.6) is 0 Å². The van der Waals surface area contributed by atoms with Crippen molar-refractivity contribution >= 4 is 11.7 Å². The van der Waals surface area contributed by atoms with Crippen molar-refractivity contribution in [1.82, 2.24) is 5.32 Å². The second-order valence-electron chi connectivity index (χ2n) is 8.92. The minimum Gasteiger partial charge on any atom is -0.346 e. The van der Waals surface area contributed by atoms with Crippen LogP contribution in [0, 0.1) is 12.8 Å². The van der Waals surface area contributed by atoms with Gasteiger partial charge in [-0.15, -0.1) is 0 Å². The number of Topliss-reactive ketones (excluding diaryl/α,β-unsaturated/α-hetero) is 1. The first kappa shape index (κ1) is 27.1. The molecule has 165 valence electrons. The highest BCUT2D eigenvalue weighted by Gasteiger charge is 2.17. The first-order valence-corrected chi connectivity index (χ1v) is 12.1. The first-order chi connectivity index (χ1) is 13.5. The summed E-state index contributed by atoms with van der Waals surface area (Å²) in [7, 11) is 0. The summed E-state index contributed by atoms with van der Waals surface area (Å²) >= 11 is 0. The Morgan fingerprint density at radius 3 is 1.46 bits per heavy atom. The largest absolute Gasteiger partial charge is 0.346 e. The van der Waals surface area contributed by atoms with Gasteiger partial charge in [0.2, 0.25) is 5.91 Å². The maximum Gasteiger partial charge on any atom is 0.220 e. The Morgan fingerprint density at radius 2 is 1.11 bits per heavy atom. The zero-order valence-electron chi connectivity index (χ0n) is 19.2. The Morgan fingerprint density at radius 1 is 0.714 bits per heavy atom. The van der Waals surface area contributed by atoms with Crippen LogP contribution in [-0.4, -0.2) is 17.7 Å². The summed E-state index contributed by atoms with van der Waals surface area (Å²) in [5.74, 6) is 0.192. The van der Waals surface area contributed by atoms with Crippen LogP contribution in [0.1, 0.15) is 130 Å². The van der Waals surface area contributed by atoms with Crippen molar-refractivity contribution in [3.63, 3.8) is 0 Å². The molecule has 28 heavy (non-hydrogen) atoms. The number of carbonyl (C=O) groups excluding carboxylic acids is 2. The molecule has 0 aromatic carbocycles. The summed E-state index contributed by atoms with van der Waals surface area (Å²) in [4.78, 5) is 23.5. The summed E-state index contributed by atoms with van der Waals surface area (Å²) in [6.45, 7) is 9.84. The number of unbranched alkanes of at least 4 members (excludes halogenated alkanes) is 14. The molecule has 0 aliphatic rings. The van der Waals surface area contributed by atoms with E-state index in [0.717, 1.165) is 12.8 Å². The lowest BCUT2D eigenvalue weighted by Gasteiger charge is -2.17. The van der Waals surface area contributed by atoms with E-state index in [-0.39, 0.29) is 11.7 Å². The summed E-state index contributed by atoms with van der Waals surface area (Å²) in [5, 5.41) is 2.85. The van der Waals surface area contributed by atoms with Gasteiger partial charge in [-0.3, -0.25) is 9.59 Å². The van der Waals surface area contributed by atoms with Gasteiger partial charge in [0, 0.05) is 13.3 Å². The van der Waals surface area contributed by atoms with Gasteiger partial charge in [-0.25, -0.2) is 0 Å². The Labute approximate surface area is 175 Å². The normalized spacial score (nSPS) is 12.3. The van der Waals surface area contributed by atoms with E-state index in [1.807, 2.05) is 0 Å². The molecule has 0 aliphatic carbocycles. The van der Waals surface area contributed by atoms with Gasteiger partial charge in [-0.2, -0.15) is 0 Å². The van der Waals surface area contributed by atoms with Crippen molar-refractivity contribution in [2.45, 2.75) is 136 Å². The molecular formula is C25H48NO2. The molecule has 0 heterocycles. The van der Waals surface area contributed by atoms with Gasteiger partial charge in [-0.1, -0.05) is 111 Å². The van der Waals surface area contributed by atoms with E-state index in [4.69, 9.17) is 0 Å². The molecule has 0 saturated heterocycles. The number of carbonyl (C=O) groups is 2. The predicted octanol–water partition coefficient (Wildman–Crippen LogP) is 7.18. The standard InChI is InChI=1S/C25H48NO2/c1-5-6-7-8-9-10-11-12-13-14-15-16-17-18-19-20-25(28)26-24(23(4)27)21-22(2)3/h22,24H,4-21H2,1-3H3,(H,26,28)/t24-/m0/s1. The van der Waals surface area contributed by atoms with Gasteiger partial charge >= 0.3 is 0 Å². The van der Waals surface area contributed by atoms with Crippen LogP contribution in [0.4, 0.5) is 0 Å². The predicted molar refractivity (Wildman–Crippen MR) is 121 cm³/mol. The summed E-state index contributed by atoms with van der Waals surface area (Å²) in [6.07, 6.45) is 21.0. The molecule has 3 heteroatoms. The average Bonchev–Trinajstić information content (AvgIpc) is 2.64. The van der Waals surface area contributed by atoms with E-state index in [9.17, 15) is 9.59 Å². The number of hydrogen-bond acceptors (Lipinski definition) is 2. The van der Waals surface area contributed by atoms with Gasteiger partial charge in [0.15, 0.2) is 5.78 Å². The van der Waals surface area contributed by atoms with E-state index >= 15 is 0 Å². The van der Waals surface area contributed by atoms with Gasteiger partial charge < -0.3 is 5.32 Å². The Kier molecular flexibility index (Phi) is 18.9. The zero-order valence-corrected chi connectivity index (χ0v) is 19.2. The quantitative estimate of drug-likeness (QED) is 0.222. The van der Waals surface area contributed by atoms with E-state index in [2.05, 4.69) is 33.0 Å². The molecule has 0 aliphatic heterocycles. The second kappa shape index (κ2) is 19.5. The fourth-order valence-electron chi connectivity index (χ4n) is 3.67. The van der Waals surface area contributed by atoms with Crippen LogP contribution < -0.4 is 5.32 Å². The summed E-state index contributed by atoms with van der Waals surface area (Å²) in [6, 6.07) is -0.413. The molecule has 0 fully saturated rings. The van der Waals surface area contributed by atoms with Crippen molar-refractivity contribution in [2.75, 3.05) is 0 Å². The van der Waals surface area contributed by atoms with Crippen LogP contribution >= 0.6 is 0 Å². The molecule has 0 bridgehead atoms. The van der Waals surface area contributed by atoms with E-state index < -0.39 is 6.04 Å². The van der Waals surface area contributed by atoms with Crippen molar-refractivity contribution in [1.29, 1.82) is 0 Å². The Hall–Kier alpha value is -0.860. The lowest BCUT2D eigenvalue weighted by Crippen LogP contribution is -2.40. The fourth-order valence-corrected chi connectivity index (χ4v) is 3.67. The molecule has 0 spiro atoms. The lowest BCUT2D eigenvalue weighted by atomic mass is 10.0. The number of amides is 1. The summed E-state index contributed by atoms with van der Waals surface area (Å²) in [5.41, 5.74) is 0. The van der Waals surface area contributed by atoms with Crippen LogP contribution in [0.15, 0.2) is 0 Å². The molecular weight excluding hydrogens is 346 g/mol. The number of ketones is 1. The molecule has 1 radical (unpaired) electrons. The van der Waals surface area contributed by atoms with Crippen LogP contribution in [0.25, 0.3) is 0 Å². The number of rotatable bonds is 20. The van der Waals surface area contributed by atoms with Crippen molar-refractivity contribution in [3.8, 4) is 0 Å². The van der Waals surface area contributed by atoms with Gasteiger partial charge in [0.05, 0.1) is 6.04 Å². The highest BCUT2D eigenvalue weighted by molar-refractivity contribution is 5.91. The van der Waals surface area contributed by atoms with Crippen LogP contribution in [0.2, 0.25) is 0 Å². The molecule has 0 aromatic heterocycles. The highest BCUT2D eigenvalue weighted by atomic mass is 16.2. The van der Waals surface area contributed by atoms with Gasteiger partial charge in [0.1, 0.15) is 0 Å². The topological polar surface area (TPSA) is 46.2 Å². The zero-order chi connectivity index (χ0) is 21.0. The average molecular weight is 395 g/mol. The molecule has 0 aromatic rings. The minimum atomic E-state index is -0.413. The van der Waals surface area contributed by atoms with Gasteiger partial charge in [0.25, 0.3) is 0 Å². The third-order valence-corrected chi connectivity index (χ3v) is 5.44. The molecule has 1 amide bonds. The van der Waals surface area contributed by atoms with Crippen LogP contribution in [-0.2, 0) is 9.59 Å². The van der Waals surface area contributed by atoms with E-state index in [0.29, 0.717) is 18.8 Å². The van der Waals surface area contributed by atoms with Gasteiger partial charge in [-0.05, 0) is 18.8 Å². The lowest BCUT2D eigenvalue weighted by molar-refractivity contribution is -0.126. The third-order valence-electron chi connectivity index (χ3n) is 5.44. The minimum absolute atomic E-state index is 0.00246. The first-order valence-electron chi connectivity index (χ1n) is 12.1.